The number of nitrogens with zero attached hydrogens (tertiary/aromatic N) is 1. The molecule has 1 N–H and O–H groups in total. The Kier molecular flexibility index (Phi) is 2.58. The second-order valence-electron chi connectivity index (χ2n) is 2.34. The van der Waals surface area contributed by atoms with Crippen LogP contribution >= 0.6 is 0 Å². The molecule has 0 aliphatic rings. The summed E-state index contributed by atoms with van der Waals surface area (Å²) in [5, 5.41) is 8.73. The summed E-state index contributed by atoms with van der Waals surface area (Å²) in [5.74, 6) is -1.56. The zero-order chi connectivity index (χ0) is 8.97. The monoisotopic (exact) mass is 163 g/mol. The lowest BCUT2D eigenvalue weighted by molar-refractivity contribution is -0.137. The molecule has 0 fully saturated rings. The molecule has 1 aromatic heterocycles. The molecule has 0 aromatic carbocycles. The minimum absolute atomic E-state index is 0.653. The van der Waals surface area contributed by atoms with Gasteiger partial charge in [-0.2, -0.15) is 0 Å². The van der Waals surface area contributed by atoms with E-state index in [2.05, 4.69) is 11.6 Å². The number of carboxylic acids is 1. The highest BCUT2D eigenvalue weighted by molar-refractivity contribution is 5.78. The first-order chi connectivity index (χ1) is 5.75. The van der Waals surface area contributed by atoms with Gasteiger partial charge in [0.15, 0.2) is 0 Å². The maximum atomic E-state index is 10.6. The Balaban J connectivity index is 2.95. The summed E-state index contributed by atoms with van der Waals surface area (Å²) < 4.78 is 0. The summed E-state index contributed by atoms with van der Waals surface area (Å²) in [6.45, 7) is 3.45. The zero-order valence-electron chi connectivity index (χ0n) is 6.47. The zero-order valence-corrected chi connectivity index (χ0v) is 6.47. The number of hydrogen-bond donors (Lipinski definition) is 1. The van der Waals surface area contributed by atoms with E-state index in [1.54, 1.807) is 18.3 Å². The van der Waals surface area contributed by atoms with Crippen molar-refractivity contribution in [2.45, 2.75) is 5.92 Å². The van der Waals surface area contributed by atoms with Crippen molar-refractivity contribution in [3.63, 3.8) is 0 Å². The molecule has 0 saturated heterocycles. The maximum Gasteiger partial charge on any atom is 0.314 e. The van der Waals surface area contributed by atoms with Gasteiger partial charge in [0.1, 0.15) is 5.92 Å². The molecule has 1 unspecified atom stereocenters. The van der Waals surface area contributed by atoms with Crippen molar-refractivity contribution in [1.82, 2.24) is 4.98 Å². The lowest BCUT2D eigenvalue weighted by Crippen LogP contribution is -2.08. The van der Waals surface area contributed by atoms with Crippen LogP contribution in [0.5, 0.6) is 0 Å². The minimum Gasteiger partial charge on any atom is -0.481 e. The van der Waals surface area contributed by atoms with E-state index in [0.29, 0.717) is 5.56 Å². The Morgan fingerprint density at radius 3 is 2.92 bits per heavy atom. The first-order valence-electron chi connectivity index (χ1n) is 3.51. The Bertz CT molecular complexity index is 282. The van der Waals surface area contributed by atoms with Gasteiger partial charge in [-0.05, 0) is 11.6 Å². The lowest BCUT2D eigenvalue weighted by Gasteiger charge is -2.05. The quantitative estimate of drug-likeness (QED) is 0.686. The van der Waals surface area contributed by atoms with Crippen LogP contribution in [0.1, 0.15) is 11.5 Å². The first-order valence-corrected chi connectivity index (χ1v) is 3.51. The third-order valence-electron chi connectivity index (χ3n) is 1.55. The second kappa shape index (κ2) is 3.67. The van der Waals surface area contributed by atoms with Crippen molar-refractivity contribution in [3.8, 4) is 0 Å². The molecule has 0 saturated carbocycles. The highest BCUT2D eigenvalue weighted by Crippen LogP contribution is 2.14. The van der Waals surface area contributed by atoms with Gasteiger partial charge in [0, 0.05) is 12.4 Å². The van der Waals surface area contributed by atoms with Crippen molar-refractivity contribution in [3.05, 3.63) is 42.7 Å². The van der Waals surface area contributed by atoms with E-state index in [0.717, 1.165) is 0 Å². The summed E-state index contributed by atoms with van der Waals surface area (Å²) >= 11 is 0. The average molecular weight is 163 g/mol. The van der Waals surface area contributed by atoms with Gasteiger partial charge in [-0.3, -0.25) is 9.78 Å². The van der Waals surface area contributed by atoms with Gasteiger partial charge in [-0.25, -0.2) is 0 Å². The second-order valence-corrected chi connectivity index (χ2v) is 2.34. The van der Waals surface area contributed by atoms with Crippen LogP contribution in [0.25, 0.3) is 0 Å². The first kappa shape index (κ1) is 8.46. The molecule has 0 spiro atoms. The highest BCUT2D eigenvalue weighted by Gasteiger charge is 2.14. The Hall–Kier alpha value is -1.64. The van der Waals surface area contributed by atoms with E-state index in [9.17, 15) is 4.79 Å². The molecule has 3 nitrogen and oxygen atoms in total. The average Bonchev–Trinajstić information content (AvgIpc) is 2.07. The Morgan fingerprint density at radius 1 is 1.75 bits per heavy atom. The Labute approximate surface area is 70.4 Å². The lowest BCUT2D eigenvalue weighted by atomic mass is 10.0. The molecule has 1 rings (SSSR count). The third kappa shape index (κ3) is 1.69. The summed E-state index contributed by atoms with van der Waals surface area (Å²) in [5.41, 5.74) is 0.653. The van der Waals surface area contributed by atoms with E-state index in [1.807, 2.05) is 0 Å². The molecule has 0 radical (unpaired) electrons. The molecule has 0 aliphatic carbocycles. The third-order valence-corrected chi connectivity index (χ3v) is 1.55. The number of hydrogen-bond acceptors (Lipinski definition) is 2. The van der Waals surface area contributed by atoms with E-state index < -0.39 is 11.9 Å². The molecule has 62 valence electrons. The summed E-state index contributed by atoms with van der Waals surface area (Å²) in [7, 11) is 0. The van der Waals surface area contributed by atoms with Gasteiger partial charge in [0.05, 0.1) is 0 Å². The van der Waals surface area contributed by atoms with Crippen LogP contribution in [0, 0.1) is 0 Å². The van der Waals surface area contributed by atoms with E-state index in [1.165, 1.54) is 12.3 Å². The van der Waals surface area contributed by atoms with Crippen LogP contribution in [0.3, 0.4) is 0 Å². The largest absolute Gasteiger partial charge is 0.481 e. The van der Waals surface area contributed by atoms with Crippen molar-refractivity contribution in [2.24, 2.45) is 0 Å². The van der Waals surface area contributed by atoms with Gasteiger partial charge in [0.25, 0.3) is 0 Å². The van der Waals surface area contributed by atoms with Gasteiger partial charge < -0.3 is 5.11 Å². The molecule has 1 aromatic rings. The van der Waals surface area contributed by atoms with Gasteiger partial charge in [-0.1, -0.05) is 12.1 Å². The number of carbonyl (C=O) groups is 1. The fourth-order valence-electron chi connectivity index (χ4n) is 0.939. The van der Waals surface area contributed by atoms with Gasteiger partial charge in [0.2, 0.25) is 0 Å². The number of aromatic nitrogens is 1. The fourth-order valence-corrected chi connectivity index (χ4v) is 0.939. The van der Waals surface area contributed by atoms with Crippen molar-refractivity contribution in [1.29, 1.82) is 0 Å². The molecule has 1 heterocycles. The summed E-state index contributed by atoms with van der Waals surface area (Å²) in [6, 6.07) is 3.42. The van der Waals surface area contributed by atoms with Crippen LogP contribution in [-0.2, 0) is 4.79 Å². The predicted octanol–water partition coefficient (Wildman–Crippen LogP) is 1.44. The maximum absolute atomic E-state index is 10.6. The van der Waals surface area contributed by atoms with Gasteiger partial charge in [-0.15, -0.1) is 6.58 Å². The Morgan fingerprint density at radius 2 is 2.50 bits per heavy atom. The molecule has 0 aliphatic heterocycles. The number of aliphatic carboxylic acids is 1. The van der Waals surface area contributed by atoms with Crippen LogP contribution in [0.15, 0.2) is 37.2 Å². The predicted molar refractivity (Wildman–Crippen MR) is 44.8 cm³/mol. The minimum atomic E-state index is -0.905. The fraction of sp³-hybridized carbons (Fsp3) is 0.111. The molecular formula is C9H9NO2. The summed E-state index contributed by atoms with van der Waals surface area (Å²) in [6.07, 6.45) is 4.52. The number of pyridine rings is 1. The highest BCUT2D eigenvalue weighted by atomic mass is 16.4. The SMILES string of the molecule is C=CC(C(=O)O)c1cccnc1. The van der Waals surface area contributed by atoms with E-state index in [4.69, 9.17) is 5.11 Å². The standard InChI is InChI=1S/C9H9NO2/c1-2-8(9(11)12)7-4-3-5-10-6-7/h2-6,8H,1H2,(H,11,12). The molecule has 1 atom stereocenters. The number of carboxylic acid groups (broad SMARTS) is 1. The summed E-state index contributed by atoms with van der Waals surface area (Å²) in [4.78, 5) is 14.5. The molecule has 3 heteroatoms. The van der Waals surface area contributed by atoms with E-state index in [-0.39, 0.29) is 0 Å². The molecule has 12 heavy (non-hydrogen) atoms. The van der Waals surface area contributed by atoms with Crippen molar-refractivity contribution < 1.29 is 9.90 Å². The molecule has 0 bridgehead atoms. The van der Waals surface area contributed by atoms with Crippen LogP contribution in [-0.4, -0.2) is 16.1 Å². The van der Waals surface area contributed by atoms with Crippen LogP contribution in [0.2, 0.25) is 0 Å². The topological polar surface area (TPSA) is 50.2 Å². The number of rotatable bonds is 3. The van der Waals surface area contributed by atoms with Gasteiger partial charge >= 0.3 is 5.97 Å². The molecule has 0 amide bonds. The normalized spacial score (nSPS) is 12.0. The van der Waals surface area contributed by atoms with Crippen LogP contribution in [0.4, 0.5) is 0 Å². The van der Waals surface area contributed by atoms with Crippen molar-refractivity contribution in [2.75, 3.05) is 0 Å². The van der Waals surface area contributed by atoms with E-state index >= 15 is 0 Å². The molecular weight excluding hydrogens is 154 g/mol. The van der Waals surface area contributed by atoms with Crippen LogP contribution < -0.4 is 0 Å². The van der Waals surface area contributed by atoms with Crippen molar-refractivity contribution >= 4 is 5.97 Å². The smallest absolute Gasteiger partial charge is 0.314 e.